The van der Waals surface area contributed by atoms with Crippen molar-refractivity contribution in [2.45, 2.75) is 0 Å². The fourth-order valence-electron chi connectivity index (χ4n) is 2.87. The second-order valence-corrected chi connectivity index (χ2v) is 9.39. The Morgan fingerprint density at radius 2 is 0.879 bits per heavy atom. The lowest BCUT2D eigenvalue weighted by Gasteiger charge is -2.12. The molecule has 2 aromatic rings. The van der Waals surface area contributed by atoms with Crippen LogP contribution in [0.15, 0.2) is 35.1 Å². The summed E-state index contributed by atoms with van der Waals surface area (Å²) in [6, 6.07) is 6.78. The minimum atomic E-state index is -1.51. The van der Waals surface area contributed by atoms with Crippen LogP contribution in [0.25, 0.3) is 12.2 Å². The van der Waals surface area contributed by atoms with Crippen molar-refractivity contribution >= 4 is 33.8 Å². The monoisotopic (exact) mass is 496 g/mol. The molecule has 0 N–H and O–H groups in total. The molecular formula is C23H28O8S2. The molecule has 0 amide bonds. The molecule has 0 spiro atoms. The van der Waals surface area contributed by atoms with Gasteiger partial charge in [-0.3, -0.25) is 8.42 Å². The molecule has 8 nitrogen and oxygen atoms in total. The highest BCUT2D eigenvalue weighted by Crippen LogP contribution is 2.36. The maximum Gasteiger partial charge on any atom is 0.133 e. The highest BCUT2D eigenvalue weighted by Gasteiger charge is 2.13. The Labute approximate surface area is 199 Å². The summed E-state index contributed by atoms with van der Waals surface area (Å²) in [6.45, 7) is 0. The van der Waals surface area contributed by atoms with Crippen LogP contribution in [0, 0.1) is 0 Å². The van der Waals surface area contributed by atoms with Crippen molar-refractivity contribution in [2.75, 3.05) is 47.7 Å². The smallest absolute Gasteiger partial charge is 0.133 e. The second-order valence-electron chi connectivity index (χ2n) is 6.38. The van der Waals surface area contributed by atoms with Gasteiger partial charge in [-0.25, -0.2) is 0 Å². The minimum absolute atomic E-state index is 0.0887. The molecular weight excluding hydrogens is 468 g/mol. The Balaban J connectivity index is 2.18. The summed E-state index contributed by atoms with van der Waals surface area (Å²) in [6.07, 6.45) is 3.23. The van der Waals surface area contributed by atoms with Crippen molar-refractivity contribution in [3.05, 3.63) is 46.2 Å². The van der Waals surface area contributed by atoms with E-state index in [9.17, 15) is 8.42 Å². The van der Waals surface area contributed by atoms with Gasteiger partial charge in [0.25, 0.3) is 0 Å². The molecule has 0 aromatic heterocycles. The number of hydrogen-bond donors (Lipinski definition) is 0. The van der Waals surface area contributed by atoms with Crippen molar-refractivity contribution in [1.82, 2.24) is 0 Å². The van der Waals surface area contributed by atoms with Crippen LogP contribution in [0.5, 0.6) is 34.5 Å². The van der Waals surface area contributed by atoms with E-state index >= 15 is 0 Å². The zero-order valence-corrected chi connectivity index (χ0v) is 21.0. The third-order valence-electron chi connectivity index (χ3n) is 4.51. The standard InChI is InChI=1S/C23H28O8S2/c1-26-16-11-20(28-3)18(21(12-16)29-4)7-9-32(24)15-33(25)10-8-19-22(30-5)13-17(27-2)14-23(19)31-6/h7-14H,15H2,1-6H3/b9-7+,10-8?. The van der Waals surface area contributed by atoms with Crippen molar-refractivity contribution in [3.63, 3.8) is 0 Å². The maximum absolute atomic E-state index is 12.5. The van der Waals surface area contributed by atoms with Gasteiger partial charge in [0.2, 0.25) is 0 Å². The Hall–Kier alpha value is -2.98. The first-order chi connectivity index (χ1) is 15.9. The fourth-order valence-corrected chi connectivity index (χ4v) is 4.99. The van der Waals surface area contributed by atoms with E-state index < -0.39 is 21.6 Å². The molecule has 2 rings (SSSR count). The normalized spacial score (nSPS) is 13.0. The predicted molar refractivity (Wildman–Crippen MR) is 131 cm³/mol. The van der Waals surface area contributed by atoms with E-state index in [-0.39, 0.29) is 5.08 Å². The Kier molecular flexibility index (Phi) is 10.3. The number of ether oxygens (including phenoxy) is 6. The number of hydrogen-bond acceptors (Lipinski definition) is 8. The van der Waals surface area contributed by atoms with Crippen molar-refractivity contribution < 1.29 is 36.8 Å². The van der Waals surface area contributed by atoms with E-state index in [1.807, 2.05) is 0 Å². The summed E-state index contributed by atoms with van der Waals surface area (Å²) in [7, 11) is 6.13. The maximum atomic E-state index is 12.5. The first-order valence-electron chi connectivity index (χ1n) is 9.61. The van der Waals surface area contributed by atoms with Crippen LogP contribution in [0.1, 0.15) is 11.1 Å². The topological polar surface area (TPSA) is 89.5 Å². The first kappa shape index (κ1) is 26.3. The van der Waals surface area contributed by atoms with Crippen molar-refractivity contribution in [1.29, 1.82) is 0 Å². The van der Waals surface area contributed by atoms with E-state index in [2.05, 4.69) is 0 Å². The SMILES string of the molecule is COc1cc(OC)c(C=CS(=O)CS(=O)/C=C/c2c(OC)cc(OC)cc2OC)c(OC)c1. The number of benzene rings is 2. The van der Waals surface area contributed by atoms with Gasteiger partial charge in [-0.2, -0.15) is 0 Å². The van der Waals surface area contributed by atoms with Crippen LogP contribution >= 0.6 is 0 Å². The van der Waals surface area contributed by atoms with Gasteiger partial charge in [-0.15, -0.1) is 0 Å². The van der Waals surface area contributed by atoms with Gasteiger partial charge >= 0.3 is 0 Å². The molecule has 2 aromatic carbocycles. The van der Waals surface area contributed by atoms with Gasteiger partial charge in [0.15, 0.2) is 0 Å². The molecule has 0 fully saturated rings. The molecule has 0 heterocycles. The summed E-state index contributed by atoms with van der Waals surface area (Å²) in [5.74, 6) is 3.13. The van der Waals surface area contributed by atoms with Crippen LogP contribution in [0.2, 0.25) is 0 Å². The zero-order valence-electron chi connectivity index (χ0n) is 19.4. The number of methoxy groups -OCH3 is 6. The van der Waals surface area contributed by atoms with Gasteiger partial charge in [0, 0.05) is 35.1 Å². The van der Waals surface area contributed by atoms with Crippen molar-refractivity contribution in [3.8, 4) is 34.5 Å². The van der Waals surface area contributed by atoms with Crippen LogP contribution in [-0.4, -0.2) is 56.2 Å². The summed E-state index contributed by atoms with van der Waals surface area (Å²) in [5.41, 5.74) is 1.20. The number of rotatable bonds is 12. The van der Waals surface area contributed by atoms with Gasteiger partial charge < -0.3 is 28.4 Å². The molecule has 2 unspecified atom stereocenters. The summed E-state index contributed by atoms with van der Waals surface area (Å²) in [5, 5.41) is 2.81. The van der Waals surface area contributed by atoms with Crippen LogP contribution < -0.4 is 28.4 Å². The van der Waals surface area contributed by atoms with E-state index in [0.717, 1.165) is 0 Å². The average molecular weight is 497 g/mol. The third kappa shape index (κ3) is 7.00. The molecule has 0 saturated heterocycles. The van der Waals surface area contributed by atoms with Gasteiger partial charge in [0.1, 0.15) is 39.6 Å². The fraction of sp³-hybridized carbons (Fsp3) is 0.304. The van der Waals surface area contributed by atoms with E-state index in [1.165, 1.54) is 39.3 Å². The van der Waals surface area contributed by atoms with Crippen molar-refractivity contribution in [2.24, 2.45) is 0 Å². The Bertz CT molecular complexity index is 929. The van der Waals surface area contributed by atoms with Crippen LogP contribution in [0.3, 0.4) is 0 Å². The Morgan fingerprint density at radius 3 is 1.12 bits per heavy atom. The van der Waals surface area contributed by atoms with Gasteiger partial charge in [-0.1, -0.05) is 0 Å². The molecule has 0 aliphatic rings. The lowest BCUT2D eigenvalue weighted by Crippen LogP contribution is -2.00. The molecule has 180 valence electrons. The molecule has 0 radical (unpaired) electrons. The predicted octanol–water partition coefficient (Wildman–Crippen LogP) is 3.83. The van der Waals surface area contributed by atoms with Gasteiger partial charge in [-0.05, 0) is 12.2 Å². The van der Waals surface area contributed by atoms with E-state index in [0.29, 0.717) is 45.6 Å². The van der Waals surface area contributed by atoms with Crippen LogP contribution in [-0.2, 0) is 21.6 Å². The highest BCUT2D eigenvalue weighted by atomic mass is 32.2. The van der Waals surface area contributed by atoms with E-state index in [1.54, 1.807) is 50.6 Å². The molecule has 2 atom stereocenters. The first-order valence-corrected chi connectivity index (χ1v) is 12.4. The molecule has 33 heavy (non-hydrogen) atoms. The molecule has 0 aliphatic carbocycles. The second kappa shape index (κ2) is 12.9. The lowest BCUT2D eigenvalue weighted by atomic mass is 10.1. The summed E-state index contributed by atoms with van der Waals surface area (Å²) in [4.78, 5) is 0. The molecule has 0 saturated carbocycles. The third-order valence-corrected chi connectivity index (χ3v) is 7.25. The molecule has 0 aliphatic heterocycles. The largest absolute Gasteiger partial charge is 0.496 e. The lowest BCUT2D eigenvalue weighted by molar-refractivity contribution is 0.374. The van der Waals surface area contributed by atoms with E-state index in [4.69, 9.17) is 28.4 Å². The van der Waals surface area contributed by atoms with Gasteiger partial charge in [0.05, 0.1) is 75.4 Å². The molecule has 0 bridgehead atoms. The molecule has 10 heteroatoms. The minimum Gasteiger partial charge on any atom is -0.496 e. The summed E-state index contributed by atoms with van der Waals surface area (Å²) >= 11 is 0. The quantitative estimate of drug-likeness (QED) is 0.438. The van der Waals surface area contributed by atoms with Crippen LogP contribution in [0.4, 0.5) is 0 Å². The average Bonchev–Trinajstić information content (AvgIpc) is 2.84. The highest BCUT2D eigenvalue weighted by molar-refractivity contribution is 8.04. The summed E-state index contributed by atoms with van der Waals surface area (Å²) < 4.78 is 57.0. The Morgan fingerprint density at radius 1 is 0.576 bits per heavy atom. The zero-order chi connectivity index (χ0) is 24.4.